The molecular weight excluding hydrogens is 781 g/mol. The Morgan fingerprint density at radius 3 is 1.45 bits per heavy atom. The van der Waals surface area contributed by atoms with E-state index in [1.165, 1.54) is 103 Å². The molecule has 0 saturated heterocycles. The first-order chi connectivity index (χ1) is 29.3. The highest BCUT2D eigenvalue weighted by Gasteiger charge is 2.30. The van der Waals surface area contributed by atoms with Crippen molar-refractivity contribution in [2.75, 3.05) is 67.6 Å². The Hall–Kier alpha value is -1.59. The van der Waals surface area contributed by atoms with Gasteiger partial charge in [-0.2, -0.15) is 0 Å². The van der Waals surface area contributed by atoms with Crippen molar-refractivity contribution in [3.63, 3.8) is 0 Å². The van der Waals surface area contributed by atoms with Gasteiger partial charge in [-0.1, -0.05) is 147 Å². The molecule has 0 aromatic rings. The molecule has 0 saturated carbocycles. The van der Waals surface area contributed by atoms with Gasteiger partial charge in [0.05, 0.1) is 26.4 Å². The molecule has 0 aliphatic carbocycles. The van der Waals surface area contributed by atoms with Crippen LogP contribution in [-0.4, -0.2) is 90.5 Å². The van der Waals surface area contributed by atoms with Gasteiger partial charge in [-0.3, -0.25) is 23.2 Å². The summed E-state index contributed by atoms with van der Waals surface area (Å²) in [7, 11) is 1.17. The molecule has 0 aromatic heterocycles. The number of esters is 2. The van der Waals surface area contributed by atoms with E-state index in [4.69, 9.17) is 32.5 Å². The Labute approximate surface area is 368 Å². The lowest BCUT2D eigenvalue weighted by atomic mass is 10.1. The van der Waals surface area contributed by atoms with E-state index in [9.17, 15) is 14.2 Å². The Bertz CT molecular complexity index is 1060. The second-order valence-electron chi connectivity index (χ2n) is 16.3. The molecule has 0 bridgehead atoms. The largest absolute Gasteiger partial charge is 0.477 e. The lowest BCUT2D eigenvalue weighted by molar-refractivity contribution is -0.161. The van der Waals surface area contributed by atoms with Crippen LogP contribution in [0.4, 0.5) is 0 Å². The summed E-state index contributed by atoms with van der Waals surface area (Å²) in [6.45, 7) is 4.74. The van der Waals surface area contributed by atoms with E-state index in [1.54, 1.807) is 7.11 Å². The molecule has 60 heavy (non-hydrogen) atoms. The van der Waals surface area contributed by atoms with E-state index in [2.05, 4.69) is 38.2 Å². The summed E-state index contributed by atoms with van der Waals surface area (Å²) in [5.74, 6) is -0.783. The van der Waals surface area contributed by atoms with Gasteiger partial charge < -0.3 is 23.8 Å². The van der Waals surface area contributed by atoms with Crippen LogP contribution >= 0.6 is 7.82 Å². The minimum absolute atomic E-state index is 0.0770. The third-order valence-corrected chi connectivity index (χ3v) is 11.6. The number of hydrogen-bond donors (Lipinski definition) is 0. The maximum Gasteiger partial charge on any atom is 0.477 e. The van der Waals surface area contributed by atoms with Crippen LogP contribution in [0.25, 0.3) is 0 Å². The zero-order valence-corrected chi connectivity index (χ0v) is 40.2. The quantitative estimate of drug-likeness (QED) is 0.0191. The standard InChI is InChI=1S/C48H92NO10P/c1-6-8-10-12-14-16-18-20-22-24-25-27-29-31-33-35-37-47(50)55-43-46(44-57-60(52,56-40-39-49(3)4)58-45-54-42-41-53-5)59-48(51)38-36-34-32-30-28-26-23-21-19-17-15-13-11-9-7-2/h20-23,46H,6-19,24-45H2,1-5H3/b22-20?,23-21-/t46-,60?/m1/s1. The number of methoxy groups -OCH3 is 1. The van der Waals surface area contributed by atoms with Gasteiger partial charge in [0.1, 0.15) is 6.61 Å². The third kappa shape index (κ3) is 43.1. The van der Waals surface area contributed by atoms with E-state index < -0.39 is 19.9 Å². The lowest BCUT2D eigenvalue weighted by Crippen LogP contribution is -2.30. The molecule has 12 heteroatoms. The number of likely N-dealkylation sites (N-methyl/N-ethyl adjacent to an activating group) is 1. The minimum atomic E-state index is -4.10. The van der Waals surface area contributed by atoms with E-state index >= 15 is 0 Å². The first-order valence-electron chi connectivity index (χ1n) is 24.2. The van der Waals surface area contributed by atoms with Crippen LogP contribution in [0.5, 0.6) is 0 Å². The van der Waals surface area contributed by atoms with Gasteiger partial charge in [0.2, 0.25) is 0 Å². The first kappa shape index (κ1) is 58.4. The summed E-state index contributed by atoms with van der Waals surface area (Å²) in [5, 5.41) is 0. The molecule has 0 heterocycles. The fourth-order valence-corrected chi connectivity index (χ4v) is 7.48. The molecule has 0 aliphatic heterocycles. The van der Waals surface area contributed by atoms with Gasteiger partial charge in [0, 0.05) is 26.5 Å². The van der Waals surface area contributed by atoms with Crippen molar-refractivity contribution in [2.24, 2.45) is 0 Å². The van der Waals surface area contributed by atoms with Gasteiger partial charge in [0.15, 0.2) is 12.9 Å². The van der Waals surface area contributed by atoms with Gasteiger partial charge in [-0.05, 0) is 78.3 Å². The number of hydrogen-bond acceptors (Lipinski definition) is 11. The number of carbonyl (C=O) groups is 2. The molecule has 1 unspecified atom stereocenters. The van der Waals surface area contributed by atoms with Gasteiger partial charge >= 0.3 is 19.8 Å². The van der Waals surface area contributed by atoms with Crippen molar-refractivity contribution in [2.45, 2.75) is 206 Å². The smallest absolute Gasteiger partial charge is 0.462 e. The highest BCUT2D eigenvalue weighted by molar-refractivity contribution is 7.48. The Morgan fingerprint density at radius 2 is 0.983 bits per heavy atom. The second-order valence-corrected chi connectivity index (χ2v) is 18.0. The van der Waals surface area contributed by atoms with Crippen LogP contribution in [-0.2, 0) is 46.7 Å². The van der Waals surface area contributed by atoms with Gasteiger partial charge in [-0.15, -0.1) is 0 Å². The molecule has 0 spiro atoms. The van der Waals surface area contributed by atoms with Crippen molar-refractivity contribution in [1.82, 2.24) is 4.90 Å². The summed E-state index contributed by atoms with van der Waals surface area (Å²) < 4.78 is 51.6. The van der Waals surface area contributed by atoms with Crippen molar-refractivity contribution in [3.8, 4) is 0 Å². The average Bonchev–Trinajstić information content (AvgIpc) is 3.22. The van der Waals surface area contributed by atoms with Crippen LogP contribution in [0.2, 0.25) is 0 Å². The van der Waals surface area contributed by atoms with E-state index in [-0.39, 0.29) is 52.0 Å². The highest BCUT2D eigenvalue weighted by atomic mass is 31.2. The predicted octanol–water partition coefficient (Wildman–Crippen LogP) is 13.2. The van der Waals surface area contributed by atoms with Crippen molar-refractivity contribution in [3.05, 3.63) is 24.3 Å². The highest BCUT2D eigenvalue weighted by Crippen LogP contribution is 2.49. The van der Waals surface area contributed by atoms with Crippen LogP contribution < -0.4 is 0 Å². The monoisotopic (exact) mass is 874 g/mol. The number of nitrogens with zero attached hydrogens (tertiary/aromatic N) is 1. The summed E-state index contributed by atoms with van der Waals surface area (Å²) in [5.41, 5.74) is 0. The maximum atomic E-state index is 13.5. The number of allylic oxidation sites excluding steroid dienone is 4. The molecule has 0 radical (unpaired) electrons. The lowest BCUT2D eigenvalue weighted by Gasteiger charge is -2.22. The number of unbranched alkanes of at least 4 members (excludes halogenated alkanes) is 23. The van der Waals surface area contributed by atoms with Crippen LogP contribution in [0.15, 0.2) is 24.3 Å². The molecule has 0 amide bonds. The number of carbonyl (C=O) groups excluding carboxylic acids is 2. The summed E-state index contributed by atoms with van der Waals surface area (Å²) in [6, 6.07) is 0. The molecule has 2 atom stereocenters. The van der Waals surface area contributed by atoms with E-state index in [0.717, 1.165) is 64.2 Å². The van der Waals surface area contributed by atoms with Crippen LogP contribution in [0.1, 0.15) is 200 Å². The number of rotatable bonds is 47. The zero-order chi connectivity index (χ0) is 44.0. The summed E-state index contributed by atoms with van der Waals surface area (Å²) in [4.78, 5) is 27.5. The maximum absolute atomic E-state index is 13.5. The van der Waals surface area contributed by atoms with E-state index in [1.807, 2.05) is 19.0 Å². The summed E-state index contributed by atoms with van der Waals surface area (Å²) >= 11 is 0. The van der Waals surface area contributed by atoms with Crippen molar-refractivity contribution < 1.29 is 46.7 Å². The van der Waals surface area contributed by atoms with Crippen LogP contribution in [0.3, 0.4) is 0 Å². The number of phosphoric acid groups is 1. The Morgan fingerprint density at radius 1 is 0.533 bits per heavy atom. The molecule has 354 valence electrons. The molecule has 0 aromatic carbocycles. The SMILES string of the molecule is CCCCCCCCC=CCCCCCCCCC(=O)OC[C@H](COP(=O)(OCCN(C)C)OCOCCOC)OC(=O)CCCCCCC/C=C\CCCCCCCC. The first-order valence-corrected chi connectivity index (χ1v) is 25.6. The second kappa shape index (κ2) is 45.4. The normalized spacial score (nSPS) is 13.4. The average molecular weight is 874 g/mol. The Kier molecular flexibility index (Phi) is 44.2. The van der Waals surface area contributed by atoms with Gasteiger partial charge in [0.25, 0.3) is 0 Å². The molecular formula is C48H92NO10P. The summed E-state index contributed by atoms with van der Waals surface area (Å²) in [6.07, 6.45) is 40.7. The van der Waals surface area contributed by atoms with Crippen LogP contribution in [0, 0.1) is 0 Å². The zero-order valence-electron chi connectivity index (χ0n) is 39.3. The molecule has 0 rings (SSSR count). The van der Waals surface area contributed by atoms with Gasteiger partial charge in [-0.25, -0.2) is 4.57 Å². The molecule has 0 aliphatic rings. The number of phosphoric ester groups is 1. The topological polar surface area (TPSA) is 119 Å². The molecule has 0 fully saturated rings. The van der Waals surface area contributed by atoms with E-state index in [0.29, 0.717) is 19.6 Å². The predicted molar refractivity (Wildman–Crippen MR) is 246 cm³/mol. The molecule has 11 nitrogen and oxygen atoms in total. The molecule has 0 N–H and O–H groups in total. The third-order valence-electron chi connectivity index (χ3n) is 10.2. The van der Waals surface area contributed by atoms with Crippen molar-refractivity contribution in [1.29, 1.82) is 0 Å². The van der Waals surface area contributed by atoms with Crippen molar-refractivity contribution >= 4 is 19.8 Å². The fraction of sp³-hybridized carbons (Fsp3) is 0.875. The number of ether oxygens (including phenoxy) is 4. The fourth-order valence-electron chi connectivity index (χ4n) is 6.40. The Balaban J connectivity index is 4.72. The minimum Gasteiger partial charge on any atom is -0.462 e.